The van der Waals surface area contributed by atoms with Crippen LogP contribution in [-0.2, 0) is 19.6 Å². The normalized spacial score (nSPS) is 10.7. The van der Waals surface area contributed by atoms with Gasteiger partial charge in [0, 0.05) is 17.1 Å². The van der Waals surface area contributed by atoms with E-state index in [0.717, 1.165) is 17.0 Å². The Labute approximate surface area is 182 Å². The van der Waals surface area contributed by atoms with Gasteiger partial charge in [-0.15, -0.1) is 0 Å². The number of nitrogens with one attached hydrogen (secondary N) is 3. The van der Waals surface area contributed by atoms with Crippen LogP contribution < -0.4 is 20.1 Å². The summed E-state index contributed by atoms with van der Waals surface area (Å²) in [6, 6.07) is 10.9. The fourth-order valence-corrected chi connectivity index (χ4v) is 3.91. The summed E-state index contributed by atoms with van der Waals surface area (Å²) in [5.74, 6) is -0.551. The van der Waals surface area contributed by atoms with Gasteiger partial charge in [0.1, 0.15) is 5.75 Å². The van der Waals surface area contributed by atoms with Crippen LogP contribution in [0, 0.1) is 6.92 Å². The molecule has 0 saturated heterocycles. The summed E-state index contributed by atoms with van der Waals surface area (Å²) < 4.78 is 32.1. The van der Waals surface area contributed by atoms with Crippen LogP contribution in [0.4, 0.5) is 5.69 Å². The monoisotopic (exact) mass is 499 g/mol. The van der Waals surface area contributed by atoms with E-state index in [1.165, 1.54) is 24.3 Å². The van der Waals surface area contributed by atoms with E-state index in [4.69, 9.17) is 17.0 Å². The van der Waals surface area contributed by atoms with Crippen molar-refractivity contribution in [1.29, 1.82) is 0 Å². The lowest BCUT2D eigenvalue weighted by Gasteiger charge is -2.12. The number of rotatable bonds is 6. The first kappa shape index (κ1) is 22.8. The number of sulfonamides is 1. The van der Waals surface area contributed by atoms with Gasteiger partial charge >= 0.3 is 0 Å². The van der Waals surface area contributed by atoms with Crippen LogP contribution in [0.2, 0.25) is 0 Å². The molecular weight excluding hydrogens is 482 g/mol. The maximum atomic E-state index is 12.0. The van der Waals surface area contributed by atoms with Gasteiger partial charge in [0.05, 0.1) is 4.90 Å². The second-order valence-electron chi connectivity index (χ2n) is 5.89. The highest BCUT2D eigenvalue weighted by Gasteiger charge is 2.15. The zero-order chi connectivity index (χ0) is 21.6. The summed E-state index contributed by atoms with van der Waals surface area (Å²) in [4.78, 5) is 22.9. The largest absolute Gasteiger partial charge is 0.483 e. The number of hydrogen-bond donors (Lipinski definition) is 3. The van der Waals surface area contributed by atoms with Crippen molar-refractivity contribution in [2.45, 2.75) is 18.7 Å². The number of anilines is 1. The minimum absolute atomic E-state index is 0.0311. The molecule has 2 amide bonds. The average molecular weight is 500 g/mol. The van der Waals surface area contributed by atoms with E-state index in [0.29, 0.717) is 11.4 Å². The predicted octanol–water partition coefficient (Wildman–Crippen LogP) is 2.47. The molecule has 0 spiro atoms. The van der Waals surface area contributed by atoms with E-state index in [-0.39, 0.29) is 16.6 Å². The lowest BCUT2D eigenvalue weighted by molar-refractivity contribution is -0.121. The molecule has 29 heavy (non-hydrogen) atoms. The lowest BCUT2D eigenvalue weighted by Crippen LogP contribution is -2.37. The van der Waals surface area contributed by atoms with E-state index in [1.807, 2.05) is 23.8 Å². The quantitative estimate of drug-likeness (QED) is 0.523. The molecule has 0 saturated carbocycles. The Morgan fingerprint density at radius 1 is 1.14 bits per heavy atom. The topological polar surface area (TPSA) is 114 Å². The molecule has 3 N–H and O–H groups in total. The summed E-state index contributed by atoms with van der Waals surface area (Å²) >= 11 is 8.42. The fraction of sp³-hybridized carbons (Fsp3) is 0.167. The number of aryl methyl sites for hydroxylation is 1. The van der Waals surface area contributed by atoms with Crippen molar-refractivity contribution in [2.24, 2.45) is 0 Å². The molecule has 154 valence electrons. The van der Waals surface area contributed by atoms with E-state index < -0.39 is 21.8 Å². The Kier molecular flexibility index (Phi) is 7.71. The number of benzene rings is 2. The molecular formula is C18H18BrN3O5S2. The van der Waals surface area contributed by atoms with Crippen molar-refractivity contribution < 1.29 is 22.7 Å². The van der Waals surface area contributed by atoms with Gasteiger partial charge in [-0.05, 0) is 67.2 Å². The standard InChI is InChI=1S/C18H18BrN3O5S2/c1-11-9-13(19)3-8-16(11)27-10-17(24)21-18(28)20-14-4-6-15(7-5-14)29(25,26)22-12(2)23/h3-9H,10H2,1-2H3,(H,22,23)(H2,20,21,24,28). The van der Waals surface area contributed by atoms with Crippen molar-refractivity contribution in [3.8, 4) is 5.75 Å². The molecule has 11 heteroatoms. The van der Waals surface area contributed by atoms with Gasteiger partial charge in [0.25, 0.3) is 15.9 Å². The summed E-state index contributed by atoms with van der Waals surface area (Å²) in [5.41, 5.74) is 1.34. The van der Waals surface area contributed by atoms with Gasteiger partial charge < -0.3 is 10.1 Å². The Bertz CT molecular complexity index is 1040. The second-order valence-corrected chi connectivity index (χ2v) is 8.89. The summed E-state index contributed by atoms with van der Waals surface area (Å²) in [5, 5.41) is 5.27. The van der Waals surface area contributed by atoms with Gasteiger partial charge in [-0.2, -0.15) is 0 Å². The van der Waals surface area contributed by atoms with Crippen LogP contribution in [0.15, 0.2) is 51.8 Å². The molecule has 2 aromatic rings. The van der Waals surface area contributed by atoms with Crippen molar-refractivity contribution in [2.75, 3.05) is 11.9 Å². The zero-order valence-electron chi connectivity index (χ0n) is 15.5. The minimum atomic E-state index is -3.91. The third-order valence-corrected chi connectivity index (χ3v) is 5.60. The number of thiocarbonyl (C=S) groups is 1. The fourth-order valence-electron chi connectivity index (χ4n) is 2.21. The number of ether oxygens (including phenoxy) is 1. The number of carbonyl (C=O) groups is 2. The van der Waals surface area contributed by atoms with Gasteiger partial charge in [-0.1, -0.05) is 15.9 Å². The molecule has 8 nitrogen and oxygen atoms in total. The highest BCUT2D eigenvalue weighted by molar-refractivity contribution is 9.10. The highest BCUT2D eigenvalue weighted by atomic mass is 79.9. The van der Waals surface area contributed by atoms with Crippen LogP contribution in [0.25, 0.3) is 0 Å². The maximum Gasteiger partial charge on any atom is 0.264 e. The van der Waals surface area contributed by atoms with Crippen LogP contribution >= 0.6 is 28.1 Å². The Morgan fingerprint density at radius 2 is 1.79 bits per heavy atom. The molecule has 0 aliphatic carbocycles. The first-order valence-corrected chi connectivity index (χ1v) is 10.9. The molecule has 0 unspecified atom stereocenters. The van der Waals surface area contributed by atoms with Crippen molar-refractivity contribution in [3.05, 3.63) is 52.5 Å². The van der Waals surface area contributed by atoms with E-state index in [9.17, 15) is 18.0 Å². The minimum Gasteiger partial charge on any atom is -0.483 e. The van der Waals surface area contributed by atoms with Gasteiger partial charge in [-0.3, -0.25) is 14.9 Å². The van der Waals surface area contributed by atoms with Crippen molar-refractivity contribution in [3.63, 3.8) is 0 Å². The van der Waals surface area contributed by atoms with Crippen LogP contribution in [0.1, 0.15) is 12.5 Å². The Morgan fingerprint density at radius 3 is 2.38 bits per heavy atom. The predicted molar refractivity (Wildman–Crippen MR) is 116 cm³/mol. The third-order valence-electron chi connectivity index (χ3n) is 3.45. The lowest BCUT2D eigenvalue weighted by atomic mass is 10.2. The molecule has 0 atom stereocenters. The van der Waals surface area contributed by atoms with Crippen LogP contribution in [-0.4, -0.2) is 32.0 Å². The smallest absolute Gasteiger partial charge is 0.264 e. The Balaban J connectivity index is 1.88. The molecule has 0 aliphatic heterocycles. The molecule has 0 bridgehead atoms. The zero-order valence-corrected chi connectivity index (χ0v) is 18.7. The molecule has 0 heterocycles. The number of halogens is 1. The highest BCUT2D eigenvalue weighted by Crippen LogP contribution is 2.22. The van der Waals surface area contributed by atoms with Crippen LogP contribution in [0.3, 0.4) is 0 Å². The molecule has 0 aromatic heterocycles. The Hall–Kier alpha value is -2.50. The maximum absolute atomic E-state index is 12.0. The van der Waals surface area contributed by atoms with E-state index >= 15 is 0 Å². The second kappa shape index (κ2) is 9.81. The molecule has 2 aromatic carbocycles. The average Bonchev–Trinajstić information content (AvgIpc) is 2.60. The van der Waals surface area contributed by atoms with Crippen LogP contribution in [0.5, 0.6) is 5.75 Å². The molecule has 0 aliphatic rings. The first-order valence-electron chi connectivity index (χ1n) is 8.20. The van der Waals surface area contributed by atoms with Crippen molar-refractivity contribution >= 4 is 60.8 Å². The number of hydrogen-bond acceptors (Lipinski definition) is 6. The summed E-state index contributed by atoms with van der Waals surface area (Å²) in [6.07, 6.45) is 0. The van der Waals surface area contributed by atoms with Crippen molar-refractivity contribution in [1.82, 2.24) is 10.0 Å². The molecule has 0 fully saturated rings. The number of amides is 2. The molecule has 0 radical (unpaired) electrons. The van der Waals surface area contributed by atoms with Gasteiger partial charge in [-0.25, -0.2) is 13.1 Å². The van der Waals surface area contributed by atoms with Gasteiger partial charge in [0.2, 0.25) is 5.91 Å². The summed E-state index contributed by atoms with van der Waals surface area (Å²) in [6.45, 7) is 2.74. The van der Waals surface area contributed by atoms with Gasteiger partial charge in [0.15, 0.2) is 11.7 Å². The third kappa shape index (κ3) is 7.11. The first-order chi connectivity index (χ1) is 13.6. The SMILES string of the molecule is CC(=O)NS(=O)(=O)c1ccc(NC(=S)NC(=O)COc2ccc(Br)cc2C)cc1. The molecule has 2 rings (SSSR count). The number of carbonyl (C=O) groups excluding carboxylic acids is 2. The summed E-state index contributed by atoms with van der Waals surface area (Å²) in [7, 11) is -3.91. The van der Waals surface area contributed by atoms with E-state index in [1.54, 1.807) is 6.07 Å². The van der Waals surface area contributed by atoms with E-state index in [2.05, 4.69) is 26.6 Å².